The highest BCUT2D eigenvalue weighted by atomic mass is 32.2. The monoisotopic (exact) mass is 361 g/mol. The Morgan fingerprint density at radius 1 is 1.24 bits per heavy atom. The number of ether oxygens (including phenoxy) is 1. The number of nitrogens with zero attached hydrogens (tertiary/aromatic N) is 1. The molecule has 1 aliphatic heterocycles. The predicted molar refractivity (Wildman–Crippen MR) is 106 cm³/mol. The van der Waals surface area contributed by atoms with E-state index in [1.54, 1.807) is 7.11 Å². The second kappa shape index (κ2) is 6.86. The molecule has 1 aromatic rings. The van der Waals surface area contributed by atoms with Gasteiger partial charge in [-0.05, 0) is 68.2 Å². The van der Waals surface area contributed by atoms with E-state index < -0.39 is 0 Å². The van der Waals surface area contributed by atoms with Crippen molar-refractivity contribution in [3.05, 3.63) is 24.3 Å². The fourth-order valence-electron chi connectivity index (χ4n) is 4.39. The topological polar surface area (TPSA) is 29.5 Å². The molecule has 25 heavy (non-hydrogen) atoms. The molecule has 0 aromatic heterocycles. The average Bonchev–Trinajstić information content (AvgIpc) is 2.85. The lowest BCUT2D eigenvalue weighted by Crippen LogP contribution is -2.48. The van der Waals surface area contributed by atoms with E-state index in [2.05, 4.69) is 32.6 Å². The molecule has 4 heteroatoms. The van der Waals surface area contributed by atoms with Gasteiger partial charge in [-0.15, -0.1) is 11.8 Å². The van der Waals surface area contributed by atoms with Crippen molar-refractivity contribution in [1.29, 1.82) is 0 Å². The summed E-state index contributed by atoms with van der Waals surface area (Å²) < 4.78 is 5.27. The van der Waals surface area contributed by atoms with Crippen molar-refractivity contribution in [2.75, 3.05) is 12.0 Å². The highest BCUT2D eigenvalue weighted by Crippen LogP contribution is 2.55. The maximum atomic E-state index is 12.9. The van der Waals surface area contributed by atoms with E-state index in [4.69, 9.17) is 4.74 Å². The molecular weight excluding hydrogens is 330 g/mol. The summed E-state index contributed by atoms with van der Waals surface area (Å²) in [5, 5.41) is 0.0397. The van der Waals surface area contributed by atoms with Gasteiger partial charge < -0.3 is 4.74 Å². The van der Waals surface area contributed by atoms with E-state index in [0.29, 0.717) is 5.41 Å². The summed E-state index contributed by atoms with van der Waals surface area (Å²) >= 11 is 1.88. The molecule has 1 atom stereocenters. The third-order valence-electron chi connectivity index (χ3n) is 6.49. The van der Waals surface area contributed by atoms with Gasteiger partial charge in [0.05, 0.1) is 17.2 Å². The van der Waals surface area contributed by atoms with Crippen molar-refractivity contribution < 1.29 is 9.53 Å². The van der Waals surface area contributed by atoms with Gasteiger partial charge in [-0.25, -0.2) is 0 Å². The molecular formula is C21H31NO2S. The average molecular weight is 362 g/mol. The number of rotatable bonds is 4. The van der Waals surface area contributed by atoms with Crippen LogP contribution < -0.4 is 9.64 Å². The maximum Gasteiger partial charge on any atom is 0.241 e. The van der Waals surface area contributed by atoms with Crippen LogP contribution in [0.25, 0.3) is 0 Å². The molecule has 3 rings (SSSR count). The Morgan fingerprint density at radius 2 is 1.84 bits per heavy atom. The lowest BCUT2D eigenvalue weighted by molar-refractivity contribution is -0.118. The lowest BCUT2D eigenvalue weighted by atomic mass is 9.68. The van der Waals surface area contributed by atoms with Gasteiger partial charge in [0.25, 0.3) is 0 Å². The van der Waals surface area contributed by atoms with E-state index in [1.165, 1.54) is 19.3 Å². The first-order valence-electron chi connectivity index (χ1n) is 9.49. The molecule has 1 heterocycles. The summed E-state index contributed by atoms with van der Waals surface area (Å²) in [6.45, 7) is 9.14. The highest BCUT2D eigenvalue weighted by Gasteiger charge is 2.53. The molecule has 3 nitrogen and oxygen atoms in total. The Labute approximate surface area is 156 Å². The van der Waals surface area contributed by atoms with Gasteiger partial charge in [0, 0.05) is 5.69 Å². The van der Waals surface area contributed by atoms with Gasteiger partial charge in [-0.2, -0.15) is 0 Å². The summed E-state index contributed by atoms with van der Waals surface area (Å²) in [4.78, 5) is 15.0. The molecule has 1 saturated carbocycles. The summed E-state index contributed by atoms with van der Waals surface area (Å²) in [6.07, 6.45) is 5.82. The van der Waals surface area contributed by atoms with Crippen LogP contribution in [0.4, 0.5) is 5.69 Å². The van der Waals surface area contributed by atoms with Crippen LogP contribution in [0.15, 0.2) is 24.3 Å². The molecule has 0 N–H and O–H groups in total. The second-order valence-electron chi connectivity index (χ2n) is 8.19. The molecule has 1 spiro atoms. The molecule has 1 aromatic carbocycles. The Balaban J connectivity index is 1.85. The number of carbonyl (C=O) groups is 1. The fourth-order valence-corrected chi connectivity index (χ4v) is 6.03. The number of hydrogen-bond donors (Lipinski definition) is 0. The molecule has 1 aliphatic carbocycles. The van der Waals surface area contributed by atoms with Crippen molar-refractivity contribution in [2.24, 2.45) is 11.3 Å². The Morgan fingerprint density at radius 3 is 2.36 bits per heavy atom. The largest absolute Gasteiger partial charge is 0.497 e. The van der Waals surface area contributed by atoms with Crippen LogP contribution in [0.2, 0.25) is 0 Å². The number of methoxy groups -OCH3 is 1. The molecule has 1 saturated heterocycles. The standard InChI is InChI=1S/C21H31NO2S/c1-6-20(3,4)16-11-13-21(14-12-16)22(19(23)15(2)25-21)17-7-9-18(24-5)10-8-17/h7-10,15-16H,6,11-14H2,1-5H3. The lowest BCUT2D eigenvalue weighted by Gasteiger charge is -2.46. The van der Waals surface area contributed by atoms with Crippen molar-refractivity contribution in [2.45, 2.75) is 69.9 Å². The molecule has 138 valence electrons. The minimum atomic E-state index is -0.0641. The minimum Gasteiger partial charge on any atom is -0.497 e. The van der Waals surface area contributed by atoms with E-state index >= 15 is 0 Å². The third kappa shape index (κ3) is 3.30. The zero-order valence-electron chi connectivity index (χ0n) is 16.2. The molecule has 2 fully saturated rings. The number of hydrogen-bond acceptors (Lipinski definition) is 3. The van der Waals surface area contributed by atoms with Gasteiger partial charge in [0.1, 0.15) is 5.75 Å². The van der Waals surface area contributed by atoms with Crippen LogP contribution >= 0.6 is 11.8 Å². The van der Waals surface area contributed by atoms with Crippen LogP contribution in [0.3, 0.4) is 0 Å². The predicted octanol–water partition coefficient (Wildman–Crippen LogP) is 5.49. The molecule has 1 amide bonds. The number of anilines is 1. The fraction of sp³-hybridized carbons (Fsp3) is 0.667. The van der Waals surface area contributed by atoms with Gasteiger partial charge in [0.15, 0.2) is 0 Å². The summed E-state index contributed by atoms with van der Waals surface area (Å²) in [6, 6.07) is 7.96. The number of amides is 1. The Hall–Kier alpha value is -1.16. The van der Waals surface area contributed by atoms with Gasteiger partial charge >= 0.3 is 0 Å². The summed E-state index contributed by atoms with van der Waals surface area (Å²) in [5.74, 6) is 1.84. The Kier molecular flexibility index (Phi) is 5.11. The Bertz CT molecular complexity index is 617. The van der Waals surface area contributed by atoms with Crippen LogP contribution in [0.5, 0.6) is 5.75 Å². The maximum absolute atomic E-state index is 12.9. The third-order valence-corrected chi connectivity index (χ3v) is 8.07. The van der Waals surface area contributed by atoms with Crippen LogP contribution in [-0.2, 0) is 4.79 Å². The summed E-state index contributed by atoms with van der Waals surface area (Å²) in [7, 11) is 1.67. The van der Waals surface area contributed by atoms with Gasteiger partial charge in [0.2, 0.25) is 5.91 Å². The van der Waals surface area contributed by atoms with Crippen molar-refractivity contribution in [1.82, 2.24) is 0 Å². The van der Waals surface area contributed by atoms with E-state index in [9.17, 15) is 4.79 Å². The van der Waals surface area contributed by atoms with Crippen molar-refractivity contribution in [3.63, 3.8) is 0 Å². The quantitative estimate of drug-likeness (QED) is 0.710. The minimum absolute atomic E-state index is 0.0397. The molecule has 0 radical (unpaired) electrons. The number of benzene rings is 1. The first-order chi connectivity index (χ1) is 11.8. The van der Waals surface area contributed by atoms with Crippen molar-refractivity contribution in [3.8, 4) is 5.75 Å². The van der Waals surface area contributed by atoms with E-state index in [-0.39, 0.29) is 16.0 Å². The van der Waals surface area contributed by atoms with Gasteiger partial charge in [-0.3, -0.25) is 9.69 Å². The van der Waals surface area contributed by atoms with Gasteiger partial charge in [-0.1, -0.05) is 27.2 Å². The van der Waals surface area contributed by atoms with E-state index in [1.807, 2.05) is 36.0 Å². The first kappa shape index (κ1) is 18.6. The number of carbonyl (C=O) groups excluding carboxylic acids is 1. The zero-order valence-corrected chi connectivity index (χ0v) is 17.0. The van der Waals surface area contributed by atoms with Crippen LogP contribution in [-0.4, -0.2) is 23.1 Å². The smallest absolute Gasteiger partial charge is 0.241 e. The van der Waals surface area contributed by atoms with Crippen LogP contribution in [0, 0.1) is 11.3 Å². The molecule has 0 bridgehead atoms. The molecule has 2 aliphatic rings. The van der Waals surface area contributed by atoms with Crippen LogP contribution in [0.1, 0.15) is 59.8 Å². The second-order valence-corrected chi connectivity index (χ2v) is 9.90. The zero-order chi connectivity index (χ0) is 18.2. The summed E-state index contributed by atoms with van der Waals surface area (Å²) in [5.41, 5.74) is 1.40. The molecule has 1 unspecified atom stereocenters. The van der Waals surface area contributed by atoms with Crippen molar-refractivity contribution >= 4 is 23.4 Å². The normalized spacial score (nSPS) is 30.1. The first-order valence-corrected chi connectivity index (χ1v) is 10.4. The highest BCUT2D eigenvalue weighted by molar-refractivity contribution is 8.02. The van der Waals surface area contributed by atoms with E-state index in [0.717, 1.165) is 30.2 Å². The SMILES string of the molecule is CCC(C)(C)C1CCC2(CC1)SC(C)C(=O)N2c1ccc(OC)cc1. The number of thioether (sulfide) groups is 1.